The van der Waals surface area contributed by atoms with Gasteiger partial charge in [0, 0.05) is 51.2 Å². The predicted octanol–water partition coefficient (Wildman–Crippen LogP) is 3.87. The lowest BCUT2D eigenvalue weighted by Crippen LogP contribution is -2.41. The van der Waals surface area contributed by atoms with E-state index >= 15 is 0 Å². The lowest BCUT2D eigenvalue weighted by molar-refractivity contribution is 0.508. The maximum absolute atomic E-state index is 13.4. The van der Waals surface area contributed by atoms with E-state index in [1.165, 1.54) is 12.1 Å². The van der Waals surface area contributed by atoms with Gasteiger partial charge < -0.3 is 15.5 Å². The summed E-state index contributed by atoms with van der Waals surface area (Å²) >= 11 is 5.79. The SMILES string of the molecule is CN=C(NCCc1ccc(Cl)nc1)NCC1CCN(c2ccc(F)c(F)c2)C1.I. The molecule has 1 aliphatic rings. The molecule has 1 aliphatic heterocycles. The van der Waals surface area contributed by atoms with Crippen LogP contribution < -0.4 is 15.5 Å². The summed E-state index contributed by atoms with van der Waals surface area (Å²) in [6.07, 6.45) is 3.57. The van der Waals surface area contributed by atoms with E-state index in [-0.39, 0.29) is 24.0 Å². The van der Waals surface area contributed by atoms with Crippen molar-refractivity contribution in [2.45, 2.75) is 12.8 Å². The Bertz CT molecular complexity index is 819. The van der Waals surface area contributed by atoms with Crippen LogP contribution in [0.15, 0.2) is 41.5 Å². The Morgan fingerprint density at radius 3 is 2.76 bits per heavy atom. The van der Waals surface area contributed by atoms with Crippen molar-refractivity contribution in [1.82, 2.24) is 15.6 Å². The highest BCUT2D eigenvalue weighted by Crippen LogP contribution is 2.24. The number of halogens is 4. The van der Waals surface area contributed by atoms with Gasteiger partial charge in [0.25, 0.3) is 0 Å². The van der Waals surface area contributed by atoms with E-state index in [1.807, 2.05) is 6.07 Å². The van der Waals surface area contributed by atoms with Crippen molar-refractivity contribution in [3.8, 4) is 0 Å². The molecule has 2 N–H and O–H groups in total. The summed E-state index contributed by atoms with van der Waals surface area (Å²) in [5.41, 5.74) is 1.82. The number of rotatable bonds is 6. The Kier molecular flexibility index (Phi) is 9.35. The molecule has 2 heterocycles. The number of nitrogens with one attached hydrogen (secondary N) is 2. The largest absolute Gasteiger partial charge is 0.371 e. The molecule has 0 amide bonds. The lowest BCUT2D eigenvalue weighted by Gasteiger charge is -2.19. The molecule has 1 aromatic heterocycles. The zero-order chi connectivity index (χ0) is 19.9. The van der Waals surface area contributed by atoms with Crippen LogP contribution in [0.2, 0.25) is 5.15 Å². The van der Waals surface area contributed by atoms with Crippen LogP contribution in [0, 0.1) is 17.6 Å². The van der Waals surface area contributed by atoms with Crippen molar-refractivity contribution in [2.75, 3.05) is 38.1 Å². The summed E-state index contributed by atoms with van der Waals surface area (Å²) in [7, 11) is 1.74. The molecule has 3 rings (SSSR count). The van der Waals surface area contributed by atoms with E-state index in [0.29, 0.717) is 11.1 Å². The van der Waals surface area contributed by atoms with Crippen LogP contribution in [-0.4, -0.2) is 44.2 Å². The Morgan fingerprint density at radius 1 is 1.24 bits per heavy atom. The van der Waals surface area contributed by atoms with Gasteiger partial charge in [0.2, 0.25) is 0 Å². The molecule has 0 radical (unpaired) electrons. The van der Waals surface area contributed by atoms with Crippen molar-refractivity contribution >= 4 is 47.2 Å². The summed E-state index contributed by atoms with van der Waals surface area (Å²) in [6, 6.07) is 7.80. The number of benzene rings is 1. The number of aliphatic imine (C=N–C) groups is 1. The standard InChI is InChI=1S/C20H24ClF2N5.HI/c1-24-20(25-8-6-14-2-5-19(21)26-11-14)27-12-15-7-9-28(13-15)16-3-4-17(22)18(23)10-16;/h2-5,10-11,15H,6-9,12-13H2,1H3,(H2,24,25,27);1H. The van der Waals surface area contributed by atoms with Crippen LogP contribution in [0.5, 0.6) is 0 Å². The van der Waals surface area contributed by atoms with Crippen molar-refractivity contribution in [2.24, 2.45) is 10.9 Å². The molecule has 1 saturated heterocycles. The molecule has 0 saturated carbocycles. The van der Waals surface area contributed by atoms with E-state index in [2.05, 4.69) is 25.5 Å². The van der Waals surface area contributed by atoms with Gasteiger partial charge in [-0.3, -0.25) is 4.99 Å². The highest BCUT2D eigenvalue weighted by Gasteiger charge is 2.23. The molecule has 0 bridgehead atoms. The van der Waals surface area contributed by atoms with Crippen LogP contribution >= 0.6 is 35.6 Å². The third-order valence-electron chi connectivity index (χ3n) is 4.83. The molecule has 0 spiro atoms. The van der Waals surface area contributed by atoms with E-state index in [9.17, 15) is 8.78 Å². The van der Waals surface area contributed by atoms with Gasteiger partial charge in [-0.05, 0) is 42.5 Å². The fourth-order valence-corrected chi connectivity index (χ4v) is 3.37. The molecule has 1 fully saturated rings. The quantitative estimate of drug-likeness (QED) is 0.255. The fraction of sp³-hybridized carbons (Fsp3) is 0.400. The molecule has 1 aromatic carbocycles. The molecule has 2 aromatic rings. The first kappa shape index (κ1) is 23.6. The first-order chi connectivity index (χ1) is 13.5. The first-order valence-electron chi connectivity index (χ1n) is 9.30. The Hall–Kier alpha value is -1.68. The highest BCUT2D eigenvalue weighted by atomic mass is 127. The topological polar surface area (TPSA) is 52.6 Å². The highest BCUT2D eigenvalue weighted by molar-refractivity contribution is 14.0. The molecule has 5 nitrogen and oxygen atoms in total. The van der Waals surface area contributed by atoms with Gasteiger partial charge in [0.15, 0.2) is 17.6 Å². The smallest absolute Gasteiger partial charge is 0.190 e. The number of nitrogens with zero attached hydrogens (tertiary/aromatic N) is 3. The van der Waals surface area contributed by atoms with Crippen LogP contribution in [0.25, 0.3) is 0 Å². The van der Waals surface area contributed by atoms with Gasteiger partial charge in [-0.15, -0.1) is 24.0 Å². The second-order valence-corrected chi connectivity index (χ2v) is 7.21. The Balaban J connectivity index is 0.00000300. The van der Waals surface area contributed by atoms with Crippen molar-refractivity contribution in [3.05, 3.63) is 58.9 Å². The molecular weight excluding hydrogens is 511 g/mol. The summed E-state index contributed by atoms with van der Waals surface area (Å²) < 4.78 is 26.5. The molecule has 9 heteroatoms. The normalized spacial score (nSPS) is 16.5. The minimum atomic E-state index is -0.814. The van der Waals surface area contributed by atoms with Crippen LogP contribution in [0.3, 0.4) is 0 Å². The maximum Gasteiger partial charge on any atom is 0.190 e. The van der Waals surface area contributed by atoms with E-state index in [4.69, 9.17) is 11.6 Å². The average molecular weight is 536 g/mol. The number of aromatic nitrogens is 1. The third kappa shape index (κ3) is 6.95. The van der Waals surface area contributed by atoms with Crippen molar-refractivity contribution in [1.29, 1.82) is 0 Å². The number of anilines is 1. The number of hydrogen-bond donors (Lipinski definition) is 2. The van der Waals surface area contributed by atoms with Crippen LogP contribution in [0.1, 0.15) is 12.0 Å². The van der Waals surface area contributed by atoms with Crippen LogP contribution in [-0.2, 0) is 6.42 Å². The minimum Gasteiger partial charge on any atom is -0.371 e. The molecule has 0 aliphatic carbocycles. The van der Waals surface area contributed by atoms with Gasteiger partial charge in [-0.2, -0.15) is 0 Å². The van der Waals surface area contributed by atoms with Gasteiger partial charge >= 0.3 is 0 Å². The van der Waals surface area contributed by atoms with Crippen LogP contribution in [0.4, 0.5) is 14.5 Å². The molecule has 1 unspecified atom stereocenters. The first-order valence-corrected chi connectivity index (χ1v) is 9.68. The van der Waals surface area contributed by atoms with E-state index in [1.54, 1.807) is 25.4 Å². The van der Waals surface area contributed by atoms with Gasteiger partial charge in [-0.25, -0.2) is 13.8 Å². The summed E-state index contributed by atoms with van der Waals surface area (Å²) in [5.74, 6) is -0.467. The van der Waals surface area contributed by atoms with E-state index < -0.39 is 11.6 Å². The van der Waals surface area contributed by atoms with Crippen molar-refractivity contribution < 1.29 is 8.78 Å². The molecule has 1 atom stereocenters. The maximum atomic E-state index is 13.4. The molecule has 29 heavy (non-hydrogen) atoms. The lowest BCUT2D eigenvalue weighted by atomic mass is 10.1. The van der Waals surface area contributed by atoms with Gasteiger partial charge in [0.1, 0.15) is 5.15 Å². The average Bonchev–Trinajstić information content (AvgIpc) is 3.17. The Labute approximate surface area is 192 Å². The zero-order valence-electron chi connectivity index (χ0n) is 16.2. The van der Waals surface area contributed by atoms with Gasteiger partial charge in [0.05, 0.1) is 0 Å². The molecule has 158 valence electrons. The monoisotopic (exact) mass is 535 g/mol. The zero-order valence-corrected chi connectivity index (χ0v) is 19.3. The second-order valence-electron chi connectivity index (χ2n) is 6.82. The molecular formula is C20H25ClF2IN5. The second kappa shape index (κ2) is 11.5. The fourth-order valence-electron chi connectivity index (χ4n) is 3.26. The predicted molar refractivity (Wildman–Crippen MR) is 124 cm³/mol. The number of hydrogen-bond acceptors (Lipinski definition) is 3. The third-order valence-corrected chi connectivity index (χ3v) is 5.05. The Morgan fingerprint density at radius 2 is 2.07 bits per heavy atom. The summed E-state index contributed by atoms with van der Waals surface area (Å²) in [6.45, 7) is 3.12. The number of guanidine groups is 1. The summed E-state index contributed by atoms with van der Waals surface area (Å²) in [5, 5.41) is 7.12. The van der Waals surface area contributed by atoms with Crippen molar-refractivity contribution in [3.63, 3.8) is 0 Å². The van der Waals surface area contributed by atoms with Gasteiger partial charge in [-0.1, -0.05) is 17.7 Å². The van der Waals surface area contributed by atoms with E-state index in [0.717, 1.165) is 56.2 Å². The minimum absolute atomic E-state index is 0. The number of pyridine rings is 1. The summed E-state index contributed by atoms with van der Waals surface area (Å²) in [4.78, 5) is 10.4.